The Morgan fingerprint density at radius 2 is 2.22 bits per heavy atom. The first-order valence-electron chi connectivity index (χ1n) is 5.42. The van der Waals surface area contributed by atoms with Crippen LogP contribution in [0.15, 0.2) is 40.5 Å². The standard InChI is InChI=1S/C13H10FN3S/c1-2-11-12(14)13(17-8-16-11)18-10-5-3-4-9(6-10)7-15/h3-6,8H,2H2,1H3. The molecule has 1 heterocycles. The highest BCUT2D eigenvalue weighted by Crippen LogP contribution is 2.29. The van der Waals surface area contributed by atoms with Crippen molar-refractivity contribution in [2.24, 2.45) is 0 Å². The van der Waals surface area contributed by atoms with Crippen LogP contribution in [0.1, 0.15) is 18.2 Å². The summed E-state index contributed by atoms with van der Waals surface area (Å²) < 4.78 is 13.9. The van der Waals surface area contributed by atoms with E-state index < -0.39 is 0 Å². The van der Waals surface area contributed by atoms with Gasteiger partial charge < -0.3 is 0 Å². The molecule has 90 valence electrons. The normalized spacial score (nSPS) is 10.1. The zero-order chi connectivity index (χ0) is 13.0. The van der Waals surface area contributed by atoms with E-state index in [9.17, 15) is 4.39 Å². The Hall–Kier alpha value is -1.93. The van der Waals surface area contributed by atoms with Crippen LogP contribution in [0.25, 0.3) is 0 Å². The fourth-order valence-electron chi connectivity index (χ4n) is 1.45. The topological polar surface area (TPSA) is 49.6 Å². The summed E-state index contributed by atoms with van der Waals surface area (Å²) in [5.74, 6) is -0.382. The monoisotopic (exact) mass is 259 g/mol. The average Bonchev–Trinajstić information content (AvgIpc) is 2.41. The summed E-state index contributed by atoms with van der Waals surface area (Å²) >= 11 is 1.20. The molecule has 2 aromatic rings. The van der Waals surface area contributed by atoms with Gasteiger partial charge in [-0.3, -0.25) is 0 Å². The maximum absolute atomic E-state index is 13.9. The van der Waals surface area contributed by atoms with Gasteiger partial charge in [0, 0.05) is 4.90 Å². The van der Waals surface area contributed by atoms with Crippen LogP contribution in [-0.2, 0) is 6.42 Å². The summed E-state index contributed by atoms with van der Waals surface area (Å²) in [6.07, 6.45) is 1.89. The predicted octanol–water partition coefficient (Wildman–Crippen LogP) is 3.20. The van der Waals surface area contributed by atoms with Gasteiger partial charge in [-0.1, -0.05) is 24.8 Å². The van der Waals surface area contributed by atoms with E-state index in [2.05, 4.69) is 16.0 Å². The summed E-state index contributed by atoms with van der Waals surface area (Å²) in [6.45, 7) is 1.84. The number of aromatic nitrogens is 2. The molecule has 0 radical (unpaired) electrons. The molecule has 0 spiro atoms. The van der Waals surface area contributed by atoms with Gasteiger partial charge in [0.15, 0.2) is 5.82 Å². The van der Waals surface area contributed by atoms with E-state index in [1.165, 1.54) is 18.1 Å². The lowest BCUT2D eigenvalue weighted by atomic mass is 10.2. The van der Waals surface area contributed by atoms with Crippen LogP contribution in [-0.4, -0.2) is 9.97 Å². The van der Waals surface area contributed by atoms with Gasteiger partial charge in [-0.2, -0.15) is 5.26 Å². The number of aryl methyl sites for hydroxylation is 1. The van der Waals surface area contributed by atoms with Crippen LogP contribution in [0.2, 0.25) is 0 Å². The van der Waals surface area contributed by atoms with E-state index in [4.69, 9.17) is 5.26 Å². The average molecular weight is 259 g/mol. The maximum atomic E-state index is 13.9. The summed E-state index contributed by atoms with van der Waals surface area (Å²) in [6, 6.07) is 9.05. The Morgan fingerprint density at radius 1 is 1.39 bits per heavy atom. The molecule has 0 atom stereocenters. The van der Waals surface area contributed by atoms with Crippen molar-refractivity contribution < 1.29 is 4.39 Å². The van der Waals surface area contributed by atoms with Crippen molar-refractivity contribution in [1.29, 1.82) is 5.26 Å². The first-order chi connectivity index (χ1) is 8.74. The third-order valence-corrected chi connectivity index (χ3v) is 3.31. The molecule has 1 aromatic carbocycles. The molecule has 0 amide bonds. The van der Waals surface area contributed by atoms with Gasteiger partial charge in [0.2, 0.25) is 0 Å². The van der Waals surface area contributed by atoms with Crippen LogP contribution in [0.3, 0.4) is 0 Å². The molecule has 0 fully saturated rings. The third kappa shape index (κ3) is 2.66. The number of rotatable bonds is 3. The Morgan fingerprint density at radius 3 is 2.94 bits per heavy atom. The predicted molar refractivity (Wildman–Crippen MR) is 66.6 cm³/mol. The van der Waals surface area contributed by atoms with Crippen LogP contribution in [0.5, 0.6) is 0 Å². The van der Waals surface area contributed by atoms with E-state index >= 15 is 0 Å². The zero-order valence-corrected chi connectivity index (χ0v) is 10.5. The van der Waals surface area contributed by atoms with Gasteiger partial charge in [0.05, 0.1) is 17.3 Å². The highest BCUT2D eigenvalue weighted by molar-refractivity contribution is 7.99. The zero-order valence-electron chi connectivity index (χ0n) is 9.72. The van der Waals surface area contributed by atoms with Crippen LogP contribution < -0.4 is 0 Å². The van der Waals surface area contributed by atoms with E-state index in [1.807, 2.05) is 13.0 Å². The van der Waals surface area contributed by atoms with E-state index in [-0.39, 0.29) is 10.8 Å². The van der Waals surface area contributed by atoms with Crippen molar-refractivity contribution in [2.45, 2.75) is 23.3 Å². The second-order valence-electron chi connectivity index (χ2n) is 3.53. The molecule has 18 heavy (non-hydrogen) atoms. The van der Waals surface area contributed by atoms with Gasteiger partial charge >= 0.3 is 0 Å². The first-order valence-corrected chi connectivity index (χ1v) is 6.23. The molecule has 0 saturated heterocycles. The van der Waals surface area contributed by atoms with E-state index in [0.29, 0.717) is 17.7 Å². The van der Waals surface area contributed by atoms with Crippen molar-refractivity contribution in [3.8, 4) is 6.07 Å². The fourth-order valence-corrected chi connectivity index (χ4v) is 2.31. The number of benzene rings is 1. The largest absolute Gasteiger partial charge is 0.238 e. The van der Waals surface area contributed by atoms with Crippen molar-refractivity contribution in [1.82, 2.24) is 9.97 Å². The molecule has 1 aromatic heterocycles. The molecule has 0 saturated carbocycles. The molecule has 0 unspecified atom stereocenters. The summed E-state index contributed by atoms with van der Waals surface area (Å²) in [5, 5.41) is 9.09. The smallest absolute Gasteiger partial charge is 0.177 e. The molecular formula is C13H10FN3S. The number of halogens is 1. The molecule has 0 aliphatic rings. The number of nitriles is 1. The highest BCUT2D eigenvalue weighted by atomic mass is 32.2. The Kier molecular flexibility index (Phi) is 3.90. The number of hydrogen-bond donors (Lipinski definition) is 0. The lowest BCUT2D eigenvalue weighted by Gasteiger charge is -2.04. The van der Waals surface area contributed by atoms with Crippen LogP contribution in [0, 0.1) is 17.1 Å². The second-order valence-corrected chi connectivity index (χ2v) is 4.60. The van der Waals surface area contributed by atoms with Gasteiger partial charge in [0.1, 0.15) is 11.4 Å². The molecule has 0 aliphatic carbocycles. The van der Waals surface area contributed by atoms with Gasteiger partial charge in [-0.15, -0.1) is 0 Å². The van der Waals surface area contributed by atoms with Gasteiger partial charge in [0.25, 0.3) is 0 Å². The highest BCUT2D eigenvalue weighted by Gasteiger charge is 2.11. The summed E-state index contributed by atoms with van der Waals surface area (Å²) in [7, 11) is 0. The molecule has 3 nitrogen and oxygen atoms in total. The number of hydrogen-bond acceptors (Lipinski definition) is 4. The SMILES string of the molecule is CCc1ncnc(Sc2cccc(C#N)c2)c1F. The summed E-state index contributed by atoms with van der Waals surface area (Å²) in [4.78, 5) is 8.60. The minimum atomic E-state index is -0.382. The molecule has 0 bridgehead atoms. The molecule has 2 rings (SSSR count). The van der Waals surface area contributed by atoms with Crippen molar-refractivity contribution in [3.63, 3.8) is 0 Å². The Labute approximate surface area is 109 Å². The molecular weight excluding hydrogens is 249 g/mol. The Balaban J connectivity index is 2.31. The number of nitrogens with zero attached hydrogens (tertiary/aromatic N) is 3. The first kappa shape index (κ1) is 12.5. The maximum Gasteiger partial charge on any atom is 0.177 e. The quantitative estimate of drug-likeness (QED) is 0.794. The second kappa shape index (κ2) is 5.61. The van der Waals surface area contributed by atoms with Crippen LogP contribution in [0.4, 0.5) is 4.39 Å². The van der Waals surface area contributed by atoms with Crippen molar-refractivity contribution in [3.05, 3.63) is 47.7 Å². The van der Waals surface area contributed by atoms with E-state index in [0.717, 1.165) is 4.90 Å². The summed E-state index contributed by atoms with van der Waals surface area (Å²) in [5.41, 5.74) is 0.953. The molecule has 0 aliphatic heterocycles. The van der Waals surface area contributed by atoms with Crippen LogP contribution >= 0.6 is 11.8 Å². The minimum Gasteiger partial charge on any atom is -0.238 e. The lowest BCUT2D eigenvalue weighted by Crippen LogP contribution is -1.97. The minimum absolute atomic E-state index is 0.289. The fraction of sp³-hybridized carbons (Fsp3) is 0.154. The third-order valence-electron chi connectivity index (χ3n) is 2.34. The molecule has 0 N–H and O–H groups in total. The Bertz CT molecular complexity index is 607. The van der Waals surface area contributed by atoms with Gasteiger partial charge in [-0.05, 0) is 24.6 Å². The van der Waals surface area contributed by atoms with Gasteiger partial charge in [-0.25, -0.2) is 14.4 Å². The van der Waals surface area contributed by atoms with E-state index in [1.54, 1.807) is 18.2 Å². The van der Waals surface area contributed by atoms with Crippen molar-refractivity contribution in [2.75, 3.05) is 0 Å². The van der Waals surface area contributed by atoms with Crippen molar-refractivity contribution >= 4 is 11.8 Å². The lowest BCUT2D eigenvalue weighted by molar-refractivity contribution is 0.559. The molecule has 5 heteroatoms.